The third kappa shape index (κ3) is 3.91. The summed E-state index contributed by atoms with van der Waals surface area (Å²) in [5.41, 5.74) is 1.63. The molecule has 2 aromatic rings. The van der Waals surface area contributed by atoms with E-state index in [1.807, 2.05) is 17.0 Å². The van der Waals surface area contributed by atoms with Crippen LogP contribution in [0.5, 0.6) is 0 Å². The number of nitrogens with one attached hydrogen (secondary N) is 1. The molecule has 1 aliphatic heterocycles. The number of rotatable bonds is 3. The molecule has 4 nitrogen and oxygen atoms in total. The molecule has 1 fully saturated rings. The average Bonchev–Trinajstić information content (AvgIpc) is 2.98. The average molecular weight is 417 g/mol. The lowest BCUT2D eigenvalue weighted by Crippen LogP contribution is -2.48. The number of aromatic amines is 1. The van der Waals surface area contributed by atoms with E-state index in [-0.39, 0.29) is 5.91 Å². The molecular formula is C16H16BrCl2N3O. The van der Waals surface area contributed by atoms with Crippen LogP contribution in [0.2, 0.25) is 10.0 Å². The van der Waals surface area contributed by atoms with Crippen molar-refractivity contribution in [2.24, 2.45) is 0 Å². The second kappa shape index (κ2) is 7.26. The topological polar surface area (TPSA) is 39.3 Å². The van der Waals surface area contributed by atoms with E-state index in [1.165, 1.54) is 0 Å². The van der Waals surface area contributed by atoms with E-state index in [4.69, 9.17) is 23.2 Å². The standard InChI is InChI=1S/C16H16BrCl2N3O/c17-12-8-14(20-9-12)16(23)22-6-4-21(5-7-22)10-11-2-1-3-13(18)15(11)19/h1-3,8-9,20H,4-7,10H2. The van der Waals surface area contributed by atoms with Crippen molar-refractivity contribution in [2.75, 3.05) is 26.2 Å². The van der Waals surface area contributed by atoms with Gasteiger partial charge in [0.05, 0.1) is 10.0 Å². The Hall–Kier alpha value is -1.01. The summed E-state index contributed by atoms with van der Waals surface area (Å²) in [6.07, 6.45) is 1.77. The Bertz CT molecular complexity index is 711. The highest BCUT2D eigenvalue weighted by molar-refractivity contribution is 9.10. The smallest absolute Gasteiger partial charge is 0.270 e. The molecule has 122 valence electrons. The number of hydrogen-bond acceptors (Lipinski definition) is 2. The van der Waals surface area contributed by atoms with Gasteiger partial charge in [-0.25, -0.2) is 0 Å². The fraction of sp³-hybridized carbons (Fsp3) is 0.312. The summed E-state index contributed by atoms with van der Waals surface area (Å²) in [5, 5.41) is 1.19. The first-order chi connectivity index (χ1) is 11.0. The monoisotopic (exact) mass is 415 g/mol. The maximum Gasteiger partial charge on any atom is 0.270 e. The minimum Gasteiger partial charge on any atom is -0.356 e. The zero-order valence-electron chi connectivity index (χ0n) is 12.4. The lowest BCUT2D eigenvalue weighted by atomic mass is 10.2. The van der Waals surface area contributed by atoms with Crippen LogP contribution in [0.3, 0.4) is 0 Å². The predicted molar refractivity (Wildman–Crippen MR) is 96.1 cm³/mol. The van der Waals surface area contributed by atoms with E-state index in [2.05, 4.69) is 25.8 Å². The molecule has 0 unspecified atom stereocenters. The first-order valence-corrected chi connectivity index (χ1v) is 8.88. The summed E-state index contributed by atoms with van der Waals surface area (Å²) in [7, 11) is 0. The first kappa shape index (κ1) is 16.8. The number of piperazine rings is 1. The van der Waals surface area contributed by atoms with Crippen LogP contribution >= 0.6 is 39.1 Å². The van der Waals surface area contributed by atoms with Crippen molar-refractivity contribution in [3.63, 3.8) is 0 Å². The van der Waals surface area contributed by atoms with Crippen LogP contribution in [-0.2, 0) is 6.54 Å². The van der Waals surface area contributed by atoms with Crippen LogP contribution in [0.15, 0.2) is 34.9 Å². The summed E-state index contributed by atoms with van der Waals surface area (Å²) in [4.78, 5) is 19.5. The van der Waals surface area contributed by atoms with Gasteiger partial charge < -0.3 is 9.88 Å². The number of carbonyl (C=O) groups is 1. The minimum absolute atomic E-state index is 0.0381. The van der Waals surface area contributed by atoms with Crippen LogP contribution in [0.25, 0.3) is 0 Å². The summed E-state index contributed by atoms with van der Waals surface area (Å²) < 4.78 is 0.884. The molecule has 2 heterocycles. The van der Waals surface area contributed by atoms with Gasteiger partial charge >= 0.3 is 0 Å². The van der Waals surface area contributed by atoms with E-state index in [9.17, 15) is 4.79 Å². The first-order valence-electron chi connectivity index (χ1n) is 7.33. The van der Waals surface area contributed by atoms with Gasteiger partial charge in [0.2, 0.25) is 0 Å². The van der Waals surface area contributed by atoms with Crippen LogP contribution in [0.4, 0.5) is 0 Å². The van der Waals surface area contributed by atoms with Crippen LogP contribution < -0.4 is 0 Å². The molecule has 1 aromatic heterocycles. The Balaban J connectivity index is 1.58. The number of benzene rings is 1. The molecule has 0 radical (unpaired) electrons. The van der Waals surface area contributed by atoms with Gasteiger partial charge in [0.1, 0.15) is 5.69 Å². The molecule has 0 atom stereocenters. The van der Waals surface area contributed by atoms with Gasteiger partial charge in [-0.1, -0.05) is 35.3 Å². The van der Waals surface area contributed by atoms with Crippen molar-refractivity contribution in [2.45, 2.75) is 6.54 Å². The highest BCUT2D eigenvalue weighted by Crippen LogP contribution is 2.26. The van der Waals surface area contributed by atoms with Gasteiger partial charge in [0.25, 0.3) is 5.91 Å². The van der Waals surface area contributed by atoms with Gasteiger partial charge in [-0.05, 0) is 33.6 Å². The van der Waals surface area contributed by atoms with Crippen molar-refractivity contribution in [1.29, 1.82) is 0 Å². The molecule has 3 rings (SSSR count). The van der Waals surface area contributed by atoms with Gasteiger partial charge in [-0.3, -0.25) is 9.69 Å². The van der Waals surface area contributed by atoms with Crippen molar-refractivity contribution in [3.8, 4) is 0 Å². The number of H-pyrrole nitrogens is 1. The Morgan fingerprint density at radius 2 is 1.96 bits per heavy atom. The van der Waals surface area contributed by atoms with Crippen molar-refractivity contribution < 1.29 is 4.79 Å². The lowest BCUT2D eigenvalue weighted by Gasteiger charge is -2.34. The predicted octanol–water partition coefficient (Wildman–Crippen LogP) is 4.04. The Morgan fingerprint density at radius 3 is 2.61 bits per heavy atom. The molecule has 0 spiro atoms. The second-order valence-electron chi connectivity index (χ2n) is 5.51. The van der Waals surface area contributed by atoms with Gasteiger partial charge in [0.15, 0.2) is 0 Å². The molecule has 23 heavy (non-hydrogen) atoms. The third-order valence-corrected chi connectivity index (χ3v) is 5.28. The van der Waals surface area contributed by atoms with E-state index in [1.54, 1.807) is 18.3 Å². The van der Waals surface area contributed by atoms with Crippen molar-refractivity contribution >= 4 is 45.0 Å². The van der Waals surface area contributed by atoms with Crippen LogP contribution in [-0.4, -0.2) is 46.9 Å². The van der Waals surface area contributed by atoms with E-state index >= 15 is 0 Å². The molecule has 1 amide bonds. The SMILES string of the molecule is O=C(c1cc(Br)c[nH]1)N1CCN(Cc2cccc(Cl)c2Cl)CC1. The number of aromatic nitrogens is 1. The van der Waals surface area contributed by atoms with Crippen molar-refractivity contribution in [1.82, 2.24) is 14.8 Å². The maximum atomic E-state index is 12.4. The summed E-state index contributed by atoms with van der Waals surface area (Å²) >= 11 is 15.6. The van der Waals surface area contributed by atoms with Crippen molar-refractivity contribution in [3.05, 3.63) is 56.2 Å². The molecular weight excluding hydrogens is 401 g/mol. The van der Waals surface area contributed by atoms with E-state index in [0.717, 1.165) is 29.7 Å². The quantitative estimate of drug-likeness (QED) is 0.819. The third-order valence-electron chi connectivity index (χ3n) is 3.96. The Morgan fingerprint density at radius 1 is 1.22 bits per heavy atom. The van der Waals surface area contributed by atoms with Gasteiger partial charge in [0, 0.05) is 43.4 Å². The second-order valence-corrected chi connectivity index (χ2v) is 7.21. The number of amides is 1. The van der Waals surface area contributed by atoms with Gasteiger partial charge in [-0.15, -0.1) is 0 Å². The molecule has 0 bridgehead atoms. The molecule has 1 saturated heterocycles. The summed E-state index contributed by atoms with van der Waals surface area (Å²) in [6.45, 7) is 3.78. The summed E-state index contributed by atoms with van der Waals surface area (Å²) in [6, 6.07) is 7.49. The highest BCUT2D eigenvalue weighted by atomic mass is 79.9. The zero-order valence-corrected chi connectivity index (χ0v) is 15.5. The summed E-state index contributed by atoms with van der Waals surface area (Å²) in [5.74, 6) is 0.0381. The Kier molecular flexibility index (Phi) is 5.31. The number of hydrogen-bond donors (Lipinski definition) is 1. The van der Waals surface area contributed by atoms with Gasteiger partial charge in [-0.2, -0.15) is 0 Å². The number of halogens is 3. The number of nitrogens with zero attached hydrogens (tertiary/aromatic N) is 2. The molecule has 7 heteroatoms. The molecule has 1 N–H and O–H groups in total. The van der Waals surface area contributed by atoms with Crippen LogP contribution in [0, 0.1) is 0 Å². The van der Waals surface area contributed by atoms with Crippen LogP contribution in [0.1, 0.15) is 16.1 Å². The zero-order chi connectivity index (χ0) is 16.4. The normalized spacial score (nSPS) is 15.9. The number of carbonyl (C=O) groups excluding carboxylic acids is 1. The fourth-order valence-electron chi connectivity index (χ4n) is 2.68. The maximum absolute atomic E-state index is 12.4. The largest absolute Gasteiger partial charge is 0.356 e. The molecule has 1 aliphatic rings. The van der Waals surface area contributed by atoms with E-state index in [0.29, 0.717) is 28.8 Å². The molecule has 1 aromatic carbocycles. The minimum atomic E-state index is 0.0381. The molecule has 0 aliphatic carbocycles. The fourth-order valence-corrected chi connectivity index (χ4v) is 3.41. The Labute approximate surface area is 153 Å². The highest BCUT2D eigenvalue weighted by Gasteiger charge is 2.23. The molecule has 0 saturated carbocycles. The van der Waals surface area contributed by atoms with E-state index < -0.39 is 0 Å². The lowest BCUT2D eigenvalue weighted by molar-refractivity contribution is 0.0623.